The van der Waals surface area contributed by atoms with Gasteiger partial charge in [0, 0.05) is 16.6 Å². The number of halogens is 1. The molecule has 0 aliphatic carbocycles. The maximum Gasteiger partial charge on any atom is 0.179 e. The third-order valence-electron chi connectivity index (χ3n) is 5.18. The Hall–Kier alpha value is -2.17. The molecule has 134 valence electrons. The first-order valence-corrected chi connectivity index (χ1v) is 9.50. The Morgan fingerprint density at radius 2 is 1.88 bits per heavy atom. The van der Waals surface area contributed by atoms with Crippen molar-refractivity contribution in [2.75, 3.05) is 19.6 Å². The molecular formula is C21H22ClN3O. The van der Waals surface area contributed by atoms with Gasteiger partial charge in [-0.05, 0) is 51.1 Å². The van der Waals surface area contributed by atoms with Crippen LogP contribution in [0.3, 0.4) is 0 Å². The number of rotatable bonds is 4. The molecule has 0 atom stereocenters. The molecule has 1 saturated heterocycles. The molecule has 3 heterocycles. The van der Waals surface area contributed by atoms with E-state index < -0.39 is 0 Å². The number of hydrogen-bond donors (Lipinski definition) is 0. The second-order valence-corrected chi connectivity index (χ2v) is 7.30. The van der Waals surface area contributed by atoms with Crippen LogP contribution in [0.5, 0.6) is 0 Å². The molecule has 0 unspecified atom stereocenters. The summed E-state index contributed by atoms with van der Waals surface area (Å²) in [6.45, 7) is 4.54. The van der Waals surface area contributed by atoms with Gasteiger partial charge in [-0.1, -0.05) is 36.2 Å². The van der Waals surface area contributed by atoms with Crippen LogP contribution < -0.4 is 0 Å². The largest absolute Gasteiger partial charge is 0.312 e. The zero-order valence-electron chi connectivity index (χ0n) is 14.9. The molecular weight excluding hydrogens is 346 g/mol. The van der Waals surface area contributed by atoms with Gasteiger partial charge in [0.05, 0.1) is 23.9 Å². The number of nitrogens with zero attached hydrogens (tertiary/aromatic N) is 3. The van der Waals surface area contributed by atoms with Crippen LogP contribution in [0.1, 0.15) is 35.3 Å². The van der Waals surface area contributed by atoms with E-state index in [1.54, 1.807) is 12.3 Å². The van der Waals surface area contributed by atoms with Gasteiger partial charge in [-0.3, -0.25) is 9.69 Å². The lowest BCUT2D eigenvalue weighted by Gasteiger charge is -2.25. The summed E-state index contributed by atoms with van der Waals surface area (Å²) in [6.07, 6.45) is 5.39. The third kappa shape index (κ3) is 3.15. The number of carbonyl (C=O) groups is 1. The summed E-state index contributed by atoms with van der Waals surface area (Å²) < 4.78 is 2.10. The van der Waals surface area contributed by atoms with Gasteiger partial charge in [-0.2, -0.15) is 0 Å². The molecule has 1 aromatic carbocycles. The van der Waals surface area contributed by atoms with Crippen molar-refractivity contribution in [3.63, 3.8) is 0 Å². The molecule has 2 aromatic heterocycles. The molecule has 0 radical (unpaired) electrons. The lowest BCUT2D eigenvalue weighted by Crippen LogP contribution is -2.34. The van der Waals surface area contributed by atoms with E-state index >= 15 is 0 Å². The predicted octanol–water partition coefficient (Wildman–Crippen LogP) is 4.66. The summed E-state index contributed by atoms with van der Waals surface area (Å²) in [5, 5.41) is 1.46. The van der Waals surface area contributed by atoms with Crippen LogP contribution >= 0.6 is 11.6 Å². The van der Waals surface area contributed by atoms with Crippen LogP contribution in [0.4, 0.5) is 0 Å². The second-order valence-electron chi connectivity index (χ2n) is 6.91. The van der Waals surface area contributed by atoms with Crippen molar-refractivity contribution < 1.29 is 4.79 Å². The number of piperidine rings is 1. The Morgan fingerprint density at radius 3 is 2.62 bits per heavy atom. The summed E-state index contributed by atoms with van der Waals surface area (Å²) in [6, 6.07) is 11.8. The molecule has 5 heteroatoms. The van der Waals surface area contributed by atoms with E-state index in [0.29, 0.717) is 11.7 Å². The highest BCUT2D eigenvalue weighted by molar-refractivity contribution is 6.29. The van der Waals surface area contributed by atoms with Crippen molar-refractivity contribution >= 4 is 28.3 Å². The molecule has 0 spiro atoms. The maximum atomic E-state index is 13.2. The fourth-order valence-electron chi connectivity index (χ4n) is 3.95. The Bertz CT molecular complexity index is 940. The van der Waals surface area contributed by atoms with Crippen molar-refractivity contribution in [2.24, 2.45) is 0 Å². The van der Waals surface area contributed by atoms with Crippen molar-refractivity contribution in [3.8, 4) is 5.69 Å². The number of Topliss-reactive ketones (excluding diaryl/α,β-unsaturated/α-hetero) is 1. The topological polar surface area (TPSA) is 38.1 Å². The molecule has 3 aromatic rings. The van der Waals surface area contributed by atoms with E-state index in [-0.39, 0.29) is 5.78 Å². The molecule has 4 nitrogen and oxygen atoms in total. The quantitative estimate of drug-likeness (QED) is 0.497. The number of hydrogen-bond acceptors (Lipinski definition) is 3. The van der Waals surface area contributed by atoms with Crippen molar-refractivity contribution in [1.29, 1.82) is 0 Å². The van der Waals surface area contributed by atoms with Gasteiger partial charge in [0.1, 0.15) is 5.15 Å². The summed E-state index contributed by atoms with van der Waals surface area (Å²) in [7, 11) is 0. The third-order valence-corrected chi connectivity index (χ3v) is 5.40. The Labute approximate surface area is 158 Å². The van der Waals surface area contributed by atoms with Gasteiger partial charge in [0.15, 0.2) is 5.78 Å². The first-order valence-electron chi connectivity index (χ1n) is 9.12. The first-order chi connectivity index (χ1) is 12.6. The number of likely N-dealkylation sites (tertiary alicyclic amines) is 1. The Balaban J connectivity index is 1.78. The van der Waals surface area contributed by atoms with E-state index in [0.717, 1.165) is 40.9 Å². The maximum absolute atomic E-state index is 13.2. The van der Waals surface area contributed by atoms with Crippen LogP contribution in [0.15, 0.2) is 42.6 Å². The van der Waals surface area contributed by atoms with E-state index in [1.165, 1.54) is 19.3 Å². The van der Waals surface area contributed by atoms with E-state index in [2.05, 4.69) is 20.5 Å². The Morgan fingerprint density at radius 1 is 1.12 bits per heavy atom. The molecule has 26 heavy (non-hydrogen) atoms. The highest BCUT2D eigenvalue weighted by atomic mass is 35.5. The van der Waals surface area contributed by atoms with Crippen LogP contribution in [-0.2, 0) is 0 Å². The minimum Gasteiger partial charge on any atom is -0.312 e. The summed E-state index contributed by atoms with van der Waals surface area (Å²) in [4.78, 5) is 19.6. The fourth-order valence-corrected chi connectivity index (χ4v) is 4.06. The number of carbonyl (C=O) groups excluding carboxylic acids is 1. The van der Waals surface area contributed by atoms with E-state index in [9.17, 15) is 4.79 Å². The number of benzene rings is 1. The van der Waals surface area contributed by atoms with Gasteiger partial charge in [0.2, 0.25) is 0 Å². The minimum atomic E-state index is 0.196. The summed E-state index contributed by atoms with van der Waals surface area (Å²) >= 11 is 5.94. The number of para-hydroxylation sites is 1. The van der Waals surface area contributed by atoms with Gasteiger partial charge >= 0.3 is 0 Å². The van der Waals surface area contributed by atoms with Crippen LogP contribution in [0, 0.1) is 6.92 Å². The number of fused-ring (bicyclic) bond motifs is 1. The van der Waals surface area contributed by atoms with Crippen molar-refractivity contribution in [3.05, 3.63) is 59.0 Å². The molecule has 1 aliphatic rings. The SMILES string of the molecule is Cc1c(C(=O)CN2CCCCC2)c2ccccc2n1-c1ccc(Cl)nc1. The normalized spacial score (nSPS) is 15.5. The first kappa shape index (κ1) is 17.3. The molecule has 0 saturated carbocycles. The Kier molecular flexibility index (Phi) is 4.79. The van der Waals surface area contributed by atoms with Gasteiger partial charge < -0.3 is 4.57 Å². The minimum absolute atomic E-state index is 0.196. The summed E-state index contributed by atoms with van der Waals surface area (Å²) in [5.41, 5.74) is 3.72. The average molecular weight is 368 g/mol. The van der Waals surface area contributed by atoms with E-state index in [4.69, 9.17) is 11.6 Å². The molecule has 1 fully saturated rings. The number of ketones is 1. The molecule has 0 N–H and O–H groups in total. The predicted molar refractivity (Wildman–Crippen MR) is 105 cm³/mol. The number of pyridine rings is 1. The second kappa shape index (κ2) is 7.22. The smallest absolute Gasteiger partial charge is 0.179 e. The monoisotopic (exact) mass is 367 g/mol. The average Bonchev–Trinajstić information content (AvgIpc) is 2.95. The zero-order valence-corrected chi connectivity index (χ0v) is 15.7. The van der Waals surface area contributed by atoms with Crippen molar-refractivity contribution in [2.45, 2.75) is 26.2 Å². The highest BCUT2D eigenvalue weighted by Gasteiger charge is 2.23. The molecule has 1 aliphatic heterocycles. The van der Waals surface area contributed by atoms with E-state index in [1.807, 2.05) is 31.2 Å². The lowest BCUT2D eigenvalue weighted by atomic mass is 10.0. The highest BCUT2D eigenvalue weighted by Crippen LogP contribution is 2.30. The molecule has 4 rings (SSSR count). The fraction of sp³-hybridized carbons (Fsp3) is 0.333. The van der Waals surface area contributed by atoms with Gasteiger partial charge in [-0.15, -0.1) is 0 Å². The van der Waals surface area contributed by atoms with Crippen LogP contribution in [0.25, 0.3) is 16.6 Å². The lowest BCUT2D eigenvalue weighted by molar-refractivity contribution is 0.0916. The van der Waals surface area contributed by atoms with Crippen LogP contribution in [0.2, 0.25) is 5.15 Å². The zero-order chi connectivity index (χ0) is 18.1. The van der Waals surface area contributed by atoms with Crippen LogP contribution in [-0.4, -0.2) is 39.9 Å². The molecule has 0 amide bonds. The van der Waals surface area contributed by atoms with Gasteiger partial charge in [0.25, 0.3) is 0 Å². The summed E-state index contributed by atoms with van der Waals surface area (Å²) in [5.74, 6) is 0.196. The molecule has 0 bridgehead atoms. The van der Waals surface area contributed by atoms with Gasteiger partial charge in [-0.25, -0.2) is 4.98 Å². The standard InChI is InChI=1S/C21H22ClN3O/c1-15-21(19(26)14-24-11-5-2-6-12-24)17-7-3-4-8-18(17)25(15)16-9-10-20(22)23-13-16/h3-4,7-10,13H,2,5-6,11-12,14H2,1H3. The van der Waals surface area contributed by atoms with Crippen molar-refractivity contribution in [1.82, 2.24) is 14.5 Å². The number of aromatic nitrogens is 2.